The first kappa shape index (κ1) is 15.3. The zero-order chi connectivity index (χ0) is 12.3. The Morgan fingerprint density at radius 3 is 2.71 bits per heavy atom. The van der Waals surface area contributed by atoms with Crippen LogP contribution in [-0.2, 0) is 0 Å². The monoisotopic (exact) mass is 260 g/mol. The molecule has 0 aromatic rings. The van der Waals surface area contributed by atoms with Crippen molar-refractivity contribution in [2.24, 2.45) is 0 Å². The zero-order valence-electron chi connectivity index (χ0n) is 11.2. The van der Waals surface area contributed by atoms with Crippen LogP contribution in [0.15, 0.2) is 0 Å². The molecule has 0 atom stereocenters. The third-order valence-corrected chi connectivity index (χ3v) is 4.32. The Morgan fingerprint density at radius 1 is 1.29 bits per heavy atom. The van der Waals surface area contributed by atoms with Crippen molar-refractivity contribution >= 4 is 11.8 Å². The smallest absolute Gasteiger partial charge is 0.0438 e. The zero-order valence-corrected chi connectivity index (χ0v) is 12.0. The fourth-order valence-corrected chi connectivity index (χ4v) is 3.08. The van der Waals surface area contributed by atoms with Gasteiger partial charge in [0.2, 0.25) is 0 Å². The number of likely N-dealkylation sites (tertiary alicyclic amines) is 1. The SMILES string of the molecule is CCCN1CCC(NCCSCCCO)CC1. The molecule has 17 heavy (non-hydrogen) atoms. The van der Waals surface area contributed by atoms with Crippen LogP contribution >= 0.6 is 11.8 Å². The molecule has 0 amide bonds. The number of thioether (sulfide) groups is 1. The van der Waals surface area contributed by atoms with E-state index in [9.17, 15) is 0 Å². The molecule has 1 rings (SSSR count). The lowest BCUT2D eigenvalue weighted by molar-refractivity contribution is 0.199. The maximum Gasteiger partial charge on any atom is 0.0438 e. The van der Waals surface area contributed by atoms with Crippen LogP contribution in [0.3, 0.4) is 0 Å². The van der Waals surface area contributed by atoms with Crippen LogP contribution in [0.4, 0.5) is 0 Å². The number of nitrogens with one attached hydrogen (secondary N) is 1. The molecule has 0 aromatic carbocycles. The first-order valence-electron chi connectivity index (χ1n) is 7.01. The van der Waals surface area contributed by atoms with Crippen LogP contribution in [0.2, 0.25) is 0 Å². The summed E-state index contributed by atoms with van der Waals surface area (Å²) in [6, 6.07) is 0.738. The van der Waals surface area contributed by atoms with Gasteiger partial charge < -0.3 is 15.3 Å². The number of aliphatic hydroxyl groups is 1. The summed E-state index contributed by atoms with van der Waals surface area (Å²) >= 11 is 1.94. The summed E-state index contributed by atoms with van der Waals surface area (Å²) < 4.78 is 0. The molecular weight excluding hydrogens is 232 g/mol. The van der Waals surface area contributed by atoms with Crippen molar-refractivity contribution in [2.75, 3.05) is 44.3 Å². The van der Waals surface area contributed by atoms with Crippen LogP contribution in [0.1, 0.15) is 32.6 Å². The van der Waals surface area contributed by atoms with E-state index in [4.69, 9.17) is 5.11 Å². The van der Waals surface area contributed by atoms with E-state index in [2.05, 4.69) is 17.1 Å². The third kappa shape index (κ3) is 7.29. The third-order valence-electron chi connectivity index (χ3n) is 3.25. The van der Waals surface area contributed by atoms with Crippen molar-refractivity contribution in [1.82, 2.24) is 10.2 Å². The molecule has 0 aliphatic carbocycles. The number of aliphatic hydroxyl groups excluding tert-OH is 1. The minimum Gasteiger partial charge on any atom is -0.396 e. The largest absolute Gasteiger partial charge is 0.396 e. The predicted molar refractivity (Wildman–Crippen MR) is 76.8 cm³/mol. The van der Waals surface area contributed by atoms with Gasteiger partial charge in [0.25, 0.3) is 0 Å². The van der Waals surface area contributed by atoms with E-state index in [1.165, 1.54) is 44.6 Å². The first-order valence-corrected chi connectivity index (χ1v) is 8.16. The van der Waals surface area contributed by atoms with Crippen LogP contribution in [-0.4, -0.2) is 60.3 Å². The molecule has 1 aliphatic rings. The van der Waals surface area contributed by atoms with Crippen molar-refractivity contribution in [3.63, 3.8) is 0 Å². The highest BCUT2D eigenvalue weighted by atomic mass is 32.2. The average Bonchev–Trinajstić information content (AvgIpc) is 2.36. The summed E-state index contributed by atoms with van der Waals surface area (Å²) in [4.78, 5) is 2.58. The molecule has 1 saturated heterocycles. The molecule has 1 heterocycles. The van der Waals surface area contributed by atoms with E-state index in [-0.39, 0.29) is 0 Å². The lowest BCUT2D eigenvalue weighted by Gasteiger charge is -2.32. The van der Waals surface area contributed by atoms with Gasteiger partial charge in [-0.05, 0) is 51.1 Å². The van der Waals surface area contributed by atoms with Crippen LogP contribution in [0.5, 0.6) is 0 Å². The lowest BCUT2D eigenvalue weighted by Crippen LogP contribution is -2.43. The van der Waals surface area contributed by atoms with Crippen molar-refractivity contribution in [1.29, 1.82) is 0 Å². The molecule has 3 nitrogen and oxygen atoms in total. The Labute approximate surface area is 110 Å². The standard InChI is InChI=1S/C13H28N2OS/c1-2-7-15-8-4-13(5-9-15)14-6-12-17-11-3-10-16/h13-14,16H,2-12H2,1H3. The molecule has 1 aliphatic heterocycles. The normalized spacial score (nSPS) is 18.7. The highest BCUT2D eigenvalue weighted by Crippen LogP contribution is 2.10. The second-order valence-electron chi connectivity index (χ2n) is 4.76. The lowest BCUT2D eigenvalue weighted by atomic mass is 10.1. The van der Waals surface area contributed by atoms with Gasteiger partial charge in [0, 0.05) is 24.9 Å². The predicted octanol–water partition coefficient (Wildman–Crippen LogP) is 1.57. The summed E-state index contributed by atoms with van der Waals surface area (Å²) in [6.45, 7) is 7.51. The average molecular weight is 260 g/mol. The fraction of sp³-hybridized carbons (Fsp3) is 1.00. The van der Waals surface area contributed by atoms with Gasteiger partial charge in [0.1, 0.15) is 0 Å². The van der Waals surface area contributed by atoms with Gasteiger partial charge in [-0.15, -0.1) is 0 Å². The van der Waals surface area contributed by atoms with E-state index < -0.39 is 0 Å². The Morgan fingerprint density at radius 2 is 2.06 bits per heavy atom. The van der Waals surface area contributed by atoms with Crippen LogP contribution < -0.4 is 5.32 Å². The molecular formula is C13H28N2OS. The quantitative estimate of drug-likeness (QED) is 0.617. The number of hydrogen-bond donors (Lipinski definition) is 2. The number of piperidine rings is 1. The molecule has 0 saturated carbocycles. The van der Waals surface area contributed by atoms with E-state index in [1.54, 1.807) is 0 Å². The molecule has 4 heteroatoms. The molecule has 1 fully saturated rings. The molecule has 0 spiro atoms. The second kappa shape index (κ2) is 10.2. The molecule has 2 N–H and O–H groups in total. The minimum atomic E-state index is 0.330. The van der Waals surface area contributed by atoms with Gasteiger partial charge in [-0.1, -0.05) is 6.92 Å². The topological polar surface area (TPSA) is 35.5 Å². The van der Waals surface area contributed by atoms with E-state index in [0.29, 0.717) is 6.61 Å². The van der Waals surface area contributed by atoms with Gasteiger partial charge in [0.15, 0.2) is 0 Å². The number of nitrogens with zero attached hydrogens (tertiary/aromatic N) is 1. The number of rotatable bonds is 9. The van der Waals surface area contributed by atoms with Gasteiger partial charge in [-0.3, -0.25) is 0 Å². The summed E-state index contributed by atoms with van der Waals surface area (Å²) in [5, 5.41) is 12.3. The molecule has 0 radical (unpaired) electrons. The maximum absolute atomic E-state index is 8.66. The highest BCUT2D eigenvalue weighted by molar-refractivity contribution is 7.99. The van der Waals surface area contributed by atoms with Gasteiger partial charge >= 0.3 is 0 Å². The molecule has 0 bridgehead atoms. The maximum atomic E-state index is 8.66. The van der Waals surface area contributed by atoms with Crippen molar-refractivity contribution in [2.45, 2.75) is 38.6 Å². The Bertz CT molecular complexity index is 173. The Balaban J connectivity index is 1.91. The summed E-state index contributed by atoms with van der Waals surface area (Å²) in [5.41, 5.74) is 0. The molecule has 0 aromatic heterocycles. The summed E-state index contributed by atoms with van der Waals surface area (Å²) in [7, 11) is 0. The summed E-state index contributed by atoms with van der Waals surface area (Å²) in [6.07, 6.45) is 4.82. The second-order valence-corrected chi connectivity index (χ2v) is 5.98. The van der Waals surface area contributed by atoms with Gasteiger partial charge in [0.05, 0.1) is 0 Å². The Hall–Kier alpha value is 0.230. The van der Waals surface area contributed by atoms with Crippen molar-refractivity contribution < 1.29 is 5.11 Å². The van der Waals surface area contributed by atoms with E-state index in [0.717, 1.165) is 24.8 Å². The van der Waals surface area contributed by atoms with E-state index in [1.807, 2.05) is 11.8 Å². The van der Waals surface area contributed by atoms with Gasteiger partial charge in [-0.25, -0.2) is 0 Å². The van der Waals surface area contributed by atoms with Crippen LogP contribution in [0.25, 0.3) is 0 Å². The van der Waals surface area contributed by atoms with Crippen LogP contribution in [0, 0.1) is 0 Å². The highest BCUT2D eigenvalue weighted by Gasteiger charge is 2.17. The van der Waals surface area contributed by atoms with Crippen molar-refractivity contribution in [3.05, 3.63) is 0 Å². The fourth-order valence-electron chi connectivity index (χ4n) is 2.28. The molecule has 102 valence electrons. The number of hydrogen-bond acceptors (Lipinski definition) is 4. The van der Waals surface area contributed by atoms with Gasteiger partial charge in [-0.2, -0.15) is 11.8 Å². The Kier molecular flexibility index (Phi) is 9.16. The minimum absolute atomic E-state index is 0.330. The van der Waals surface area contributed by atoms with Crippen molar-refractivity contribution in [3.8, 4) is 0 Å². The first-order chi connectivity index (χ1) is 8.36. The summed E-state index contributed by atoms with van der Waals surface area (Å²) in [5.74, 6) is 2.27. The van der Waals surface area contributed by atoms with E-state index >= 15 is 0 Å². The molecule has 0 unspecified atom stereocenters.